The topological polar surface area (TPSA) is 90.3 Å². The molecule has 2 heterocycles. The molecule has 4 aromatic rings. The summed E-state index contributed by atoms with van der Waals surface area (Å²) in [5, 5.41) is 11.9. The van der Waals surface area contributed by atoms with Crippen LogP contribution in [-0.4, -0.2) is 33.5 Å². The number of methoxy groups -OCH3 is 1. The first-order chi connectivity index (χ1) is 21.0. The fraction of sp³-hybridized carbons (Fsp3) is 0.343. The van der Waals surface area contributed by atoms with Crippen molar-refractivity contribution in [3.05, 3.63) is 99.8 Å². The maximum atomic E-state index is 14.0. The number of ether oxygens (including phenoxy) is 2. The summed E-state index contributed by atoms with van der Waals surface area (Å²) in [6, 6.07) is 19.6. The van der Waals surface area contributed by atoms with Crippen molar-refractivity contribution < 1.29 is 14.3 Å². The van der Waals surface area contributed by atoms with E-state index in [4.69, 9.17) is 19.6 Å². The zero-order valence-electron chi connectivity index (χ0n) is 26.7. The Kier molecular flexibility index (Phi) is 9.06. The highest BCUT2D eigenvalue weighted by atomic mass is 32.2. The number of thioether (sulfide) groups is 1. The van der Waals surface area contributed by atoms with Crippen LogP contribution in [-0.2, 0) is 16.8 Å². The van der Waals surface area contributed by atoms with Crippen LogP contribution in [0, 0.1) is 13.8 Å². The van der Waals surface area contributed by atoms with Crippen LogP contribution in [0.5, 0.6) is 11.5 Å². The predicted molar refractivity (Wildman–Crippen MR) is 178 cm³/mol. The molecule has 230 valence electrons. The van der Waals surface area contributed by atoms with Gasteiger partial charge in [-0.05, 0) is 78.0 Å². The number of aromatic nitrogens is 3. The maximum Gasteiger partial charge on any atom is 0.255 e. The number of benzene rings is 3. The zero-order chi connectivity index (χ0) is 31.6. The molecule has 0 spiro atoms. The predicted octanol–water partition coefficient (Wildman–Crippen LogP) is 7.82. The van der Waals surface area contributed by atoms with E-state index in [0.717, 1.165) is 33.7 Å². The van der Waals surface area contributed by atoms with Gasteiger partial charge in [0.15, 0.2) is 11.5 Å². The SMILES string of the molecule is CCSc1nc2n(n1)C(c1ccc(OCc3ccc(C(C)(C)C)cc3)c(OC)c1)C(C(=O)Nc1cccc(C)c1C)=C(C)N2. The van der Waals surface area contributed by atoms with Crippen molar-refractivity contribution in [2.75, 3.05) is 23.5 Å². The quantitative estimate of drug-likeness (QED) is 0.187. The molecule has 3 aromatic carbocycles. The maximum absolute atomic E-state index is 14.0. The molecule has 0 fully saturated rings. The molecule has 1 aromatic heterocycles. The molecular formula is C35H41N5O3S. The van der Waals surface area contributed by atoms with E-state index < -0.39 is 6.04 Å². The Balaban J connectivity index is 1.48. The van der Waals surface area contributed by atoms with Gasteiger partial charge in [0.2, 0.25) is 11.1 Å². The van der Waals surface area contributed by atoms with Gasteiger partial charge in [0, 0.05) is 11.4 Å². The average molecular weight is 612 g/mol. The molecule has 9 heteroatoms. The molecular weight excluding hydrogens is 570 g/mol. The van der Waals surface area contributed by atoms with Gasteiger partial charge >= 0.3 is 0 Å². The van der Waals surface area contributed by atoms with Crippen molar-refractivity contribution in [3.8, 4) is 11.5 Å². The summed E-state index contributed by atoms with van der Waals surface area (Å²) in [5.41, 5.74) is 7.44. The Bertz CT molecular complexity index is 1700. The summed E-state index contributed by atoms with van der Waals surface area (Å²) in [7, 11) is 1.62. The van der Waals surface area contributed by atoms with E-state index in [9.17, 15) is 4.79 Å². The second kappa shape index (κ2) is 12.8. The number of fused-ring (bicyclic) bond motifs is 1. The lowest BCUT2D eigenvalue weighted by Gasteiger charge is -2.29. The van der Waals surface area contributed by atoms with Crippen LogP contribution in [0.1, 0.15) is 68.5 Å². The monoisotopic (exact) mass is 611 g/mol. The summed E-state index contributed by atoms with van der Waals surface area (Å²) >= 11 is 1.55. The number of amides is 1. The number of anilines is 2. The highest BCUT2D eigenvalue weighted by molar-refractivity contribution is 7.99. The smallest absolute Gasteiger partial charge is 0.255 e. The number of allylic oxidation sites excluding steroid dienone is 1. The van der Waals surface area contributed by atoms with Gasteiger partial charge in [-0.1, -0.05) is 81.9 Å². The Hall–Kier alpha value is -4.24. The largest absolute Gasteiger partial charge is 0.493 e. The first kappa shape index (κ1) is 31.2. The van der Waals surface area contributed by atoms with Crippen LogP contribution >= 0.6 is 11.8 Å². The minimum atomic E-state index is -0.539. The van der Waals surface area contributed by atoms with E-state index in [-0.39, 0.29) is 11.3 Å². The average Bonchev–Trinajstić information content (AvgIpc) is 3.39. The van der Waals surface area contributed by atoms with Crippen LogP contribution in [0.15, 0.2) is 77.1 Å². The van der Waals surface area contributed by atoms with Gasteiger partial charge in [0.25, 0.3) is 5.91 Å². The molecule has 8 nitrogen and oxygen atoms in total. The molecule has 0 radical (unpaired) electrons. The number of carbonyl (C=O) groups excluding carboxylic acids is 1. The first-order valence-electron chi connectivity index (χ1n) is 14.8. The van der Waals surface area contributed by atoms with Crippen molar-refractivity contribution in [1.29, 1.82) is 0 Å². The fourth-order valence-corrected chi connectivity index (χ4v) is 5.79. The molecule has 1 atom stereocenters. The number of rotatable bonds is 9. The van der Waals surface area contributed by atoms with Crippen molar-refractivity contribution in [2.45, 2.75) is 71.7 Å². The van der Waals surface area contributed by atoms with Crippen LogP contribution in [0.2, 0.25) is 0 Å². The molecule has 0 saturated heterocycles. The van der Waals surface area contributed by atoms with Crippen LogP contribution in [0.25, 0.3) is 0 Å². The van der Waals surface area contributed by atoms with Crippen molar-refractivity contribution in [2.24, 2.45) is 0 Å². The lowest BCUT2D eigenvalue weighted by atomic mass is 9.87. The van der Waals surface area contributed by atoms with E-state index in [1.54, 1.807) is 23.6 Å². The number of nitrogens with one attached hydrogen (secondary N) is 2. The van der Waals surface area contributed by atoms with E-state index in [1.165, 1.54) is 5.56 Å². The summed E-state index contributed by atoms with van der Waals surface area (Å²) in [6.07, 6.45) is 0. The van der Waals surface area contributed by atoms with Crippen LogP contribution in [0.3, 0.4) is 0 Å². The molecule has 2 N–H and O–H groups in total. The summed E-state index contributed by atoms with van der Waals surface area (Å²) in [6.45, 7) is 15.0. The second-order valence-electron chi connectivity index (χ2n) is 12.0. The molecule has 0 saturated carbocycles. The van der Waals surface area contributed by atoms with Gasteiger partial charge in [-0.15, -0.1) is 5.10 Å². The highest BCUT2D eigenvalue weighted by Gasteiger charge is 2.35. The fourth-order valence-electron chi connectivity index (χ4n) is 5.24. The molecule has 1 aliphatic heterocycles. The van der Waals surface area contributed by atoms with Crippen LogP contribution < -0.4 is 20.1 Å². The number of aryl methyl sites for hydroxylation is 1. The zero-order valence-corrected chi connectivity index (χ0v) is 27.6. The Morgan fingerprint density at radius 2 is 1.80 bits per heavy atom. The first-order valence-corrected chi connectivity index (χ1v) is 15.8. The highest BCUT2D eigenvalue weighted by Crippen LogP contribution is 2.40. The third-order valence-electron chi connectivity index (χ3n) is 7.92. The molecule has 1 amide bonds. The molecule has 0 bridgehead atoms. The Morgan fingerprint density at radius 1 is 1.05 bits per heavy atom. The number of nitrogens with zero attached hydrogens (tertiary/aromatic N) is 3. The van der Waals surface area contributed by atoms with E-state index in [1.807, 2.05) is 57.2 Å². The van der Waals surface area contributed by atoms with Crippen LogP contribution in [0.4, 0.5) is 11.6 Å². The Labute approximate surface area is 264 Å². The van der Waals surface area contributed by atoms with E-state index >= 15 is 0 Å². The van der Waals surface area contributed by atoms with Gasteiger partial charge in [0.05, 0.1) is 12.7 Å². The van der Waals surface area contributed by atoms with Gasteiger partial charge in [-0.2, -0.15) is 4.98 Å². The van der Waals surface area contributed by atoms with Crippen molar-refractivity contribution in [3.63, 3.8) is 0 Å². The number of carbonyl (C=O) groups is 1. The summed E-state index contributed by atoms with van der Waals surface area (Å²) in [4.78, 5) is 18.7. The van der Waals surface area contributed by atoms with Gasteiger partial charge in [-0.3, -0.25) is 4.79 Å². The third-order valence-corrected chi connectivity index (χ3v) is 8.64. The standard InChI is InChI=1S/C35H41N5O3S/c1-9-44-34-38-33-36-23(4)30(32(41)37-27-12-10-11-21(2)22(27)3)31(40(33)39-34)25-15-18-28(29(19-25)42-8)43-20-24-13-16-26(17-14-24)35(5,6)7/h10-19,31H,9,20H2,1-8H3,(H,37,41)(H,36,38,39). The Morgan fingerprint density at radius 3 is 2.48 bits per heavy atom. The summed E-state index contributed by atoms with van der Waals surface area (Å²) < 4.78 is 13.8. The minimum Gasteiger partial charge on any atom is -0.493 e. The van der Waals surface area contributed by atoms with Gasteiger partial charge in [0.1, 0.15) is 12.6 Å². The third kappa shape index (κ3) is 6.48. The van der Waals surface area contributed by atoms with Gasteiger partial charge in [-0.25, -0.2) is 4.68 Å². The van der Waals surface area contributed by atoms with Crippen molar-refractivity contribution in [1.82, 2.24) is 14.8 Å². The number of hydrogen-bond acceptors (Lipinski definition) is 7. The molecule has 0 aliphatic carbocycles. The van der Waals surface area contributed by atoms with Crippen molar-refractivity contribution >= 4 is 29.3 Å². The lowest BCUT2D eigenvalue weighted by Crippen LogP contribution is -2.31. The lowest BCUT2D eigenvalue weighted by molar-refractivity contribution is -0.113. The van der Waals surface area contributed by atoms with E-state index in [2.05, 4.69) is 62.6 Å². The minimum absolute atomic E-state index is 0.0917. The molecule has 1 unspecified atom stereocenters. The van der Waals surface area contributed by atoms with Gasteiger partial charge < -0.3 is 20.1 Å². The normalized spacial score (nSPS) is 14.6. The van der Waals surface area contributed by atoms with E-state index in [0.29, 0.717) is 40.5 Å². The molecule has 44 heavy (non-hydrogen) atoms. The molecule has 1 aliphatic rings. The molecule has 5 rings (SSSR count). The number of hydrogen-bond donors (Lipinski definition) is 2. The second-order valence-corrected chi connectivity index (χ2v) is 13.2. The summed E-state index contributed by atoms with van der Waals surface area (Å²) in [5.74, 6) is 2.40.